The highest BCUT2D eigenvalue weighted by molar-refractivity contribution is 5.25. The molecule has 16 heavy (non-hydrogen) atoms. The number of rotatable bonds is 6. The first-order valence-electron chi connectivity index (χ1n) is 6.03. The summed E-state index contributed by atoms with van der Waals surface area (Å²) in [6.45, 7) is 9.47. The summed E-state index contributed by atoms with van der Waals surface area (Å²) >= 11 is 0. The van der Waals surface area contributed by atoms with E-state index in [9.17, 15) is 0 Å². The minimum atomic E-state index is -0.572. The van der Waals surface area contributed by atoms with Crippen molar-refractivity contribution in [1.82, 2.24) is 0 Å². The first-order chi connectivity index (χ1) is 7.68. The minimum absolute atomic E-state index is 0.572. The molecule has 0 unspecified atom stereocenters. The van der Waals surface area contributed by atoms with Crippen LogP contribution in [0, 0.1) is 6.92 Å². The van der Waals surface area contributed by atoms with Crippen LogP contribution in [0.1, 0.15) is 38.3 Å². The predicted octanol–water partition coefficient (Wildman–Crippen LogP) is 3.63. The first kappa shape index (κ1) is 13.2. The van der Waals surface area contributed by atoms with E-state index in [0.717, 1.165) is 12.0 Å². The molecule has 0 amide bonds. The molecule has 0 aliphatic heterocycles. The second kappa shape index (κ2) is 6.02. The second-order valence-corrected chi connectivity index (χ2v) is 3.84. The fourth-order valence-corrected chi connectivity index (χ4v) is 1.89. The van der Waals surface area contributed by atoms with Gasteiger partial charge < -0.3 is 9.47 Å². The van der Waals surface area contributed by atoms with E-state index in [4.69, 9.17) is 9.47 Å². The molecule has 1 aromatic carbocycles. The highest BCUT2D eigenvalue weighted by atomic mass is 16.7. The third kappa shape index (κ3) is 2.83. The Hall–Kier alpha value is -0.860. The van der Waals surface area contributed by atoms with Crippen LogP contribution in [0.2, 0.25) is 0 Å². The Morgan fingerprint density at radius 2 is 1.44 bits per heavy atom. The van der Waals surface area contributed by atoms with Gasteiger partial charge in [0.05, 0.1) is 0 Å². The largest absolute Gasteiger partial charge is 0.346 e. The van der Waals surface area contributed by atoms with E-state index in [-0.39, 0.29) is 0 Å². The van der Waals surface area contributed by atoms with Crippen molar-refractivity contribution in [2.45, 2.75) is 39.9 Å². The molecule has 0 aromatic heterocycles. The molecule has 0 fully saturated rings. The first-order valence-corrected chi connectivity index (χ1v) is 6.03. The average molecular weight is 222 g/mol. The Labute approximate surface area is 98.6 Å². The van der Waals surface area contributed by atoms with Crippen molar-refractivity contribution in [3.8, 4) is 0 Å². The summed E-state index contributed by atoms with van der Waals surface area (Å²) in [7, 11) is 0. The van der Waals surface area contributed by atoms with Gasteiger partial charge in [-0.3, -0.25) is 0 Å². The van der Waals surface area contributed by atoms with Crippen LogP contribution in [0.3, 0.4) is 0 Å². The number of hydrogen-bond donors (Lipinski definition) is 0. The third-order valence-corrected chi connectivity index (χ3v) is 2.71. The molecule has 1 aromatic rings. The van der Waals surface area contributed by atoms with E-state index >= 15 is 0 Å². The van der Waals surface area contributed by atoms with Gasteiger partial charge in [-0.2, -0.15) is 0 Å². The molecule has 0 heterocycles. The monoisotopic (exact) mass is 222 g/mol. The molecule has 2 heteroatoms. The zero-order chi connectivity index (χ0) is 12.0. The maximum atomic E-state index is 5.82. The van der Waals surface area contributed by atoms with Crippen LogP contribution < -0.4 is 0 Å². The summed E-state index contributed by atoms with van der Waals surface area (Å²) in [5.41, 5.74) is 2.35. The van der Waals surface area contributed by atoms with Crippen molar-refractivity contribution in [1.29, 1.82) is 0 Å². The fourth-order valence-electron chi connectivity index (χ4n) is 1.89. The van der Waals surface area contributed by atoms with Crippen LogP contribution >= 0.6 is 0 Å². The lowest BCUT2D eigenvalue weighted by atomic mass is 10.0. The molecular weight excluding hydrogens is 200 g/mol. The van der Waals surface area contributed by atoms with Crippen molar-refractivity contribution in [2.24, 2.45) is 0 Å². The van der Waals surface area contributed by atoms with Crippen molar-refractivity contribution in [3.05, 3.63) is 35.4 Å². The molecule has 0 N–H and O–H groups in total. The molecule has 1 rings (SSSR count). The maximum absolute atomic E-state index is 5.82. The molecule has 0 aliphatic rings. The normalized spacial score (nSPS) is 11.8. The van der Waals surface area contributed by atoms with Crippen molar-refractivity contribution >= 4 is 0 Å². The molecule has 90 valence electrons. The van der Waals surface area contributed by atoms with E-state index in [2.05, 4.69) is 38.1 Å². The quantitative estimate of drug-likeness (QED) is 0.684. The standard InChI is InChI=1S/C14H22O2/c1-5-14(15-6-2,16-7-3)13-10-8-12(4)9-11-13/h8-11H,5-7H2,1-4H3. The Morgan fingerprint density at radius 3 is 1.81 bits per heavy atom. The zero-order valence-corrected chi connectivity index (χ0v) is 10.7. The van der Waals surface area contributed by atoms with Crippen molar-refractivity contribution in [2.75, 3.05) is 13.2 Å². The van der Waals surface area contributed by atoms with E-state index in [0.29, 0.717) is 13.2 Å². The highest BCUT2D eigenvalue weighted by Gasteiger charge is 2.31. The number of hydrogen-bond acceptors (Lipinski definition) is 2. The molecule has 0 saturated heterocycles. The zero-order valence-electron chi connectivity index (χ0n) is 10.7. The Kier molecular flexibility index (Phi) is 4.97. The summed E-state index contributed by atoms with van der Waals surface area (Å²) in [4.78, 5) is 0. The van der Waals surface area contributed by atoms with Gasteiger partial charge in [-0.25, -0.2) is 0 Å². The van der Waals surface area contributed by atoms with Crippen LogP contribution in [-0.4, -0.2) is 13.2 Å². The Bertz CT molecular complexity index is 297. The molecule has 0 atom stereocenters. The SMILES string of the molecule is CCOC(CC)(OCC)c1ccc(C)cc1. The fraction of sp³-hybridized carbons (Fsp3) is 0.571. The summed E-state index contributed by atoms with van der Waals surface area (Å²) < 4.78 is 11.6. The van der Waals surface area contributed by atoms with Gasteiger partial charge >= 0.3 is 0 Å². The van der Waals surface area contributed by atoms with E-state index < -0.39 is 5.79 Å². The molecule has 0 radical (unpaired) electrons. The summed E-state index contributed by atoms with van der Waals surface area (Å²) in [6.07, 6.45) is 0.817. The molecule has 0 aliphatic carbocycles. The van der Waals surface area contributed by atoms with E-state index in [1.54, 1.807) is 0 Å². The Balaban J connectivity index is 3.02. The molecule has 2 nitrogen and oxygen atoms in total. The topological polar surface area (TPSA) is 18.5 Å². The second-order valence-electron chi connectivity index (χ2n) is 3.84. The predicted molar refractivity (Wildman–Crippen MR) is 66.4 cm³/mol. The van der Waals surface area contributed by atoms with Gasteiger partial charge in [0.25, 0.3) is 0 Å². The minimum Gasteiger partial charge on any atom is -0.346 e. The molecular formula is C14H22O2. The lowest BCUT2D eigenvalue weighted by molar-refractivity contribution is -0.244. The number of benzene rings is 1. The highest BCUT2D eigenvalue weighted by Crippen LogP contribution is 2.31. The van der Waals surface area contributed by atoms with Gasteiger partial charge in [-0.05, 0) is 20.8 Å². The van der Waals surface area contributed by atoms with Crippen LogP contribution in [0.25, 0.3) is 0 Å². The van der Waals surface area contributed by atoms with Crippen molar-refractivity contribution < 1.29 is 9.47 Å². The Morgan fingerprint density at radius 1 is 0.938 bits per heavy atom. The van der Waals surface area contributed by atoms with E-state index in [1.165, 1.54) is 5.56 Å². The van der Waals surface area contributed by atoms with Gasteiger partial charge in [0.1, 0.15) is 0 Å². The maximum Gasteiger partial charge on any atom is 0.194 e. The van der Waals surface area contributed by atoms with Gasteiger partial charge in [0, 0.05) is 25.2 Å². The van der Waals surface area contributed by atoms with Crippen molar-refractivity contribution in [3.63, 3.8) is 0 Å². The molecule has 0 spiro atoms. The van der Waals surface area contributed by atoms with Gasteiger partial charge in [-0.15, -0.1) is 0 Å². The van der Waals surface area contributed by atoms with Gasteiger partial charge in [-0.1, -0.05) is 36.8 Å². The lowest BCUT2D eigenvalue weighted by Crippen LogP contribution is -2.32. The van der Waals surface area contributed by atoms with Gasteiger partial charge in [0.15, 0.2) is 5.79 Å². The van der Waals surface area contributed by atoms with Crippen LogP contribution in [0.4, 0.5) is 0 Å². The molecule has 0 saturated carbocycles. The lowest BCUT2D eigenvalue weighted by Gasteiger charge is -2.32. The summed E-state index contributed by atoms with van der Waals surface area (Å²) in [6, 6.07) is 8.36. The van der Waals surface area contributed by atoms with Crippen LogP contribution in [-0.2, 0) is 15.3 Å². The van der Waals surface area contributed by atoms with E-state index in [1.807, 2.05) is 13.8 Å². The number of ether oxygens (including phenoxy) is 2. The van der Waals surface area contributed by atoms with Crippen LogP contribution in [0.5, 0.6) is 0 Å². The molecule has 0 bridgehead atoms. The third-order valence-electron chi connectivity index (χ3n) is 2.71. The number of aryl methyl sites for hydroxylation is 1. The summed E-state index contributed by atoms with van der Waals surface area (Å²) in [5, 5.41) is 0. The smallest absolute Gasteiger partial charge is 0.194 e. The average Bonchev–Trinajstić information content (AvgIpc) is 2.29. The van der Waals surface area contributed by atoms with Crippen LogP contribution in [0.15, 0.2) is 24.3 Å². The summed E-state index contributed by atoms with van der Waals surface area (Å²) in [5.74, 6) is -0.572. The van der Waals surface area contributed by atoms with Gasteiger partial charge in [0.2, 0.25) is 0 Å².